The molecule has 1 unspecified atom stereocenters. The second-order valence-electron chi connectivity index (χ2n) is 7.53. The number of carboxylic acids is 1. The molecule has 4 nitrogen and oxygen atoms in total. The van der Waals surface area contributed by atoms with Crippen LogP contribution in [0.15, 0.2) is 76.6 Å². The molecule has 0 radical (unpaired) electrons. The number of fused-ring (bicyclic) bond motifs is 1. The minimum absolute atomic E-state index is 0.370. The number of allylic oxidation sites excluding steroid dienone is 2. The zero-order chi connectivity index (χ0) is 20.4. The van der Waals surface area contributed by atoms with Gasteiger partial charge in [0.15, 0.2) is 0 Å². The molecule has 2 aromatic carbocycles. The summed E-state index contributed by atoms with van der Waals surface area (Å²) in [5.41, 5.74) is 6.04. The van der Waals surface area contributed by atoms with Crippen LogP contribution in [-0.4, -0.2) is 11.1 Å². The third-order valence-electron chi connectivity index (χ3n) is 5.39. The van der Waals surface area contributed by atoms with Crippen LogP contribution in [0.5, 0.6) is 0 Å². The lowest BCUT2D eigenvalue weighted by Crippen LogP contribution is -2.16. The van der Waals surface area contributed by atoms with Crippen LogP contribution < -0.4 is 0 Å². The molecule has 0 amide bonds. The van der Waals surface area contributed by atoms with E-state index < -0.39 is 11.9 Å². The van der Waals surface area contributed by atoms with E-state index in [4.69, 9.17) is 9.15 Å². The average Bonchev–Trinajstić information content (AvgIpc) is 3.20. The standard InChI is InChI=1S/C25H24O4/c1-16-6-5-7-19(12-16)22-14-18(13-20-10-11-28-24(20)22)15-29-23-9-4-3-8-21(23)17(2)25(26)27/h4-7,9-14,17H,3,8,15H2,1-2H3,(H,26,27). The molecule has 0 saturated heterocycles. The maximum Gasteiger partial charge on any atom is 0.310 e. The predicted octanol–water partition coefficient (Wildman–Crippen LogP) is 6.25. The fourth-order valence-electron chi connectivity index (χ4n) is 3.79. The highest BCUT2D eigenvalue weighted by atomic mass is 16.5. The van der Waals surface area contributed by atoms with Gasteiger partial charge in [-0.1, -0.05) is 35.9 Å². The van der Waals surface area contributed by atoms with Crippen LogP contribution in [0.4, 0.5) is 0 Å². The van der Waals surface area contributed by atoms with Gasteiger partial charge in [0.2, 0.25) is 0 Å². The van der Waals surface area contributed by atoms with Crippen LogP contribution in [-0.2, 0) is 16.1 Å². The van der Waals surface area contributed by atoms with Crippen molar-refractivity contribution in [3.63, 3.8) is 0 Å². The Morgan fingerprint density at radius 3 is 2.90 bits per heavy atom. The molecule has 1 atom stereocenters. The van der Waals surface area contributed by atoms with Crippen LogP contribution in [0.2, 0.25) is 0 Å². The summed E-state index contributed by atoms with van der Waals surface area (Å²) in [6.07, 6.45) is 7.20. The fraction of sp³-hybridized carbons (Fsp3) is 0.240. The van der Waals surface area contributed by atoms with Gasteiger partial charge in [-0.05, 0) is 67.7 Å². The number of hydrogen-bond donors (Lipinski definition) is 1. The van der Waals surface area contributed by atoms with Crippen molar-refractivity contribution in [3.8, 4) is 11.1 Å². The Labute approximate surface area is 170 Å². The second-order valence-corrected chi connectivity index (χ2v) is 7.53. The number of aryl methyl sites for hydroxylation is 1. The molecule has 1 heterocycles. The van der Waals surface area contributed by atoms with E-state index in [2.05, 4.69) is 37.3 Å². The highest BCUT2D eigenvalue weighted by molar-refractivity contribution is 5.93. The van der Waals surface area contributed by atoms with Gasteiger partial charge in [0, 0.05) is 10.9 Å². The zero-order valence-corrected chi connectivity index (χ0v) is 16.6. The summed E-state index contributed by atoms with van der Waals surface area (Å²) < 4.78 is 11.8. The van der Waals surface area contributed by atoms with Gasteiger partial charge in [-0.25, -0.2) is 0 Å². The Balaban J connectivity index is 1.67. The summed E-state index contributed by atoms with van der Waals surface area (Å²) in [4.78, 5) is 11.4. The van der Waals surface area contributed by atoms with E-state index in [0.717, 1.165) is 39.7 Å². The van der Waals surface area contributed by atoms with Gasteiger partial charge < -0.3 is 14.3 Å². The van der Waals surface area contributed by atoms with Crippen molar-refractivity contribution < 1.29 is 19.1 Å². The van der Waals surface area contributed by atoms with Gasteiger partial charge in [-0.3, -0.25) is 4.79 Å². The van der Waals surface area contributed by atoms with Crippen LogP contribution in [0.25, 0.3) is 22.1 Å². The molecule has 1 aliphatic rings. The maximum absolute atomic E-state index is 11.4. The average molecular weight is 388 g/mol. The predicted molar refractivity (Wildman–Crippen MR) is 113 cm³/mol. The number of furan rings is 1. The van der Waals surface area contributed by atoms with E-state index in [9.17, 15) is 9.90 Å². The first-order chi connectivity index (χ1) is 14.0. The molecule has 0 bridgehead atoms. The molecular formula is C25H24O4. The van der Waals surface area contributed by atoms with Gasteiger partial charge in [-0.2, -0.15) is 0 Å². The summed E-state index contributed by atoms with van der Waals surface area (Å²) in [6.45, 7) is 4.16. The molecule has 148 valence electrons. The van der Waals surface area contributed by atoms with Crippen molar-refractivity contribution in [1.82, 2.24) is 0 Å². The van der Waals surface area contributed by atoms with E-state index in [0.29, 0.717) is 18.8 Å². The van der Waals surface area contributed by atoms with Gasteiger partial charge in [0.1, 0.15) is 17.9 Å². The van der Waals surface area contributed by atoms with Gasteiger partial charge >= 0.3 is 5.97 Å². The number of aliphatic carboxylic acids is 1. The Bertz CT molecular complexity index is 1120. The molecule has 1 aliphatic carbocycles. The molecule has 0 spiro atoms. The fourth-order valence-corrected chi connectivity index (χ4v) is 3.79. The number of carbonyl (C=O) groups is 1. The van der Waals surface area contributed by atoms with Crippen molar-refractivity contribution in [2.45, 2.75) is 33.3 Å². The topological polar surface area (TPSA) is 59.7 Å². The van der Waals surface area contributed by atoms with Crippen LogP contribution >= 0.6 is 0 Å². The maximum atomic E-state index is 11.4. The van der Waals surface area contributed by atoms with Crippen molar-refractivity contribution in [3.05, 3.63) is 83.3 Å². The molecule has 29 heavy (non-hydrogen) atoms. The van der Waals surface area contributed by atoms with Crippen LogP contribution in [0.3, 0.4) is 0 Å². The molecule has 4 rings (SSSR count). The molecule has 0 saturated carbocycles. The largest absolute Gasteiger partial charge is 0.489 e. The minimum Gasteiger partial charge on any atom is -0.489 e. The summed E-state index contributed by atoms with van der Waals surface area (Å²) in [7, 11) is 0. The number of rotatable bonds is 6. The lowest BCUT2D eigenvalue weighted by molar-refractivity contribution is -0.140. The SMILES string of the molecule is Cc1cccc(-c2cc(COC3=C(C(C)C(=O)O)CCC=C3)cc3ccoc23)c1. The normalized spacial score (nSPS) is 15.0. The Morgan fingerprint density at radius 1 is 1.24 bits per heavy atom. The number of benzene rings is 2. The summed E-state index contributed by atoms with van der Waals surface area (Å²) >= 11 is 0. The number of hydrogen-bond acceptors (Lipinski definition) is 3. The zero-order valence-electron chi connectivity index (χ0n) is 16.6. The Morgan fingerprint density at radius 2 is 2.10 bits per heavy atom. The first-order valence-electron chi connectivity index (χ1n) is 9.85. The molecule has 0 aliphatic heterocycles. The summed E-state index contributed by atoms with van der Waals surface area (Å²) in [5.74, 6) is -0.692. The third kappa shape index (κ3) is 3.97. The van der Waals surface area contributed by atoms with E-state index in [1.54, 1.807) is 13.2 Å². The second kappa shape index (κ2) is 8.00. The first-order valence-corrected chi connectivity index (χ1v) is 9.85. The van der Waals surface area contributed by atoms with E-state index in [1.807, 2.05) is 24.3 Å². The molecule has 3 aromatic rings. The van der Waals surface area contributed by atoms with Gasteiger partial charge in [-0.15, -0.1) is 0 Å². The third-order valence-corrected chi connectivity index (χ3v) is 5.39. The van der Waals surface area contributed by atoms with E-state index in [1.165, 1.54) is 5.56 Å². The summed E-state index contributed by atoms with van der Waals surface area (Å²) in [5, 5.41) is 10.4. The van der Waals surface area contributed by atoms with Gasteiger partial charge in [0.05, 0.1) is 12.2 Å². The lowest BCUT2D eigenvalue weighted by Gasteiger charge is -2.20. The van der Waals surface area contributed by atoms with Crippen molar-refractivity contribution in [2.75, 3.05) is 0 Å². The van der Waals surface area contributed by atoms with Crippen molar-refractivity contribution >= 4 is 16.9 Å². The quantitative estimate of drug-likeness (QED) is 0.542. The van der Waals surface area contributed by atoms with Crippen LogP contribution in [0.1, 0.15) is 30.9 Å². The van der Waals surface area contributed by atoms with E-state index in [-0.39, 0.29) is 0 Å². The molecular weight excluding hydrogens is 364 g/mol. The highest BCUT2D eigenvalue weighted by Gasteiger charge is 2.22. The van der Waals surface area contributed by atoms with Crippen molar-refractivity contribution in [2.24, 2.45) is 5.92 Å². The summed E-state index contributed by atoms with van der Waals surface area (Å²) in [6, 6.07) is 14.4. The monoisotopic (exact) mass is 388 g/mol. The smallest absolute Gasteiger partial charge is 0.310 e. The number of carboxylic acid groups (broad SMARTS) is 1. The number of ether oxygens (including phenoxy) is 1. The van der Waals surface area contributed by atoms with E-state index >= 15 is 0 Å². The van der Waals surface area contributed by atoms with Crippen molar-refractivity contribution in [1.29, 1.82) is 0 Å². The van der Waals surface area contributed by atoms with Crippen LogP contribution in [0, 0.1) is 12.8 Å². The molecule has 0 fully saturated rings. The Hall–Kier alpha value is -3.27. The molecule has 4 heteroatoms. The Kier molecular flexibility index (Phi) is 5.26. The van der Waals surface area contributed by atoms with Gasteiger partial charge in [0.25, 0.3) is 0 Å². The minimum atomic E-state index is -0.821. The lowest BCUT2D eigenvalue weighted by atomic mass is 9.92. The molecule has 1 N–H and O–H groups in total. The highest BCUT2D eigenvalue weighted by Crippen LogP contribution is 2.33. The first kappa shape index (κ1) is 19.1. The molecule has 1 aromatic heterocycles.